The smallest absolute Gasteiger partial charge is 0.127 e. The summed E-state index contributed by atoms with van der Waals surface area (Å²) in [5.41, 5.74) is 7.64. The largest absolute Gasteiger partial charge is 0.507 e. The van der Waals surface area contributed by atoms with Gasteiger partial charge >= 0.3 is 0 Å². The summed E-state index contributed by atoms with van der Waals surface area (Å²) in [5, 5.41) is 33.7. The van der Waals surface area contributed by atoms with E-state index in [9.17, 15) is 15.3 Å². The van der Waals surface area contributed by atoms with Gasteiger partial charge in [0.25, 0.3) is 0 Å². The van der Waals surface area contributed by atoms with E-state index in [1.807, 2.05) is 58.0 Å². The zero-order chi connectivity index (χ0) is 25.0. The quantitative estimate of drug-likeness (QED) is 0.374. The van der Waals surface area contributed by atoms with Crippen molar-refractivity contribution in [3.63, 3.8) is 0 Å². The molecule has 3 heteroatoms. The van der Waals surface area contributed by atoms with Crippen molar-refractivity contribution in [1.82, 2.24) is 0 Å². The van der Waals surface area contributed by atoms with Crippen LogP contribution in [-0.2, 0) is 10.8 Å². The van der Waals surface area contributed by atoms with Crippen molar-refractivity contribution in [2.24, 2.45) is 0 Å². The minimum absolute atomic E-state index is 0.204. The molecule has 0 radical (unpaired) electrons. The minimum Gasteiger partial charge on any atom is -0.507 e. The lowest BCUT2D eigenvalue weighted by Crippen LogP contribution is -2.13. The van der Waals surface area contributed by atoms with Gasteiger partial charge in [0.15, 0.2) is 0 Å². The molecule has 0 heterocycles. The maximum absolute atomic E-state index is 11.4. The Morgan fingerprint density at radius 1 is 0.515 bits per heavy atom. The van der Waals surface area contributed by atoms with Crippen LogP contribution >= 0.6 is 0 Å². The molecule has 176 valence electrons. The van der Waals surface area contributed by atoms with Crippen molar-refractivity contribution in [3.8, 4) is 39.5 Å². The molecular formula is C30H38O3. The zero-order valence-electron chi connectivity index (χ0n) is 21.7. The van der Waals surface area contributed by atoms with E-state index < -0.39 is 0 Å². The fourth-order valence-corrected chi connectivity index (χ4v) is 4.63. The maximum Gasteiger partial charge on any atom is 0.127 e. The summed E-state index contributed by atoms with van der Waals surface area (Å²) in [4.78, 5) is 0. The molecule has 0 saturated carbocycles. The lowest BCUT2D eigenvalue weighted by Gasteiger charge is -2.26. The predicted octanol–water partition coefficient (Wildman–Crippen LogP) is 7.97. The zero-order valence-corrected chi connectivity index (χ0v) is 21.7. The third-order valence-electron chi connectivity index (χ3n) is 6.42. The Hall–Kier alpha value is -2.94. The van der Waals surface area contributed by atoms with Gasteiger partial charge in [0, 0.05) is 22.3 Å². The highest BCUT2D eigenvalue weighted by molar-refractivity contribution is 5.93. The maximum atomic E-state index is 11.4. The van der Waals surface area contributed by atoms with Crippen LogP contribution in [0, 0.1) is 27.7 Å². The van der Waals surface area contributed by atoms with Crippen LogP contribution in [0.4, 0.5) is 0 Å². The molecule has 0 unspecified atom stereocenters. The molecule has 3 rings (SSSR count). The monoisotopic (exact) mass is 446 g/mol. The molecule has 0 aliphatic carbocycles. The second-order valence-corrected chi connectivity index (χ2v) is 11.5. The van der Waals surface area contributed by atoms with Crippen LogP contribution in [0.15, 0.2) is 30.3 Å². The number of benzene rings is 3. The standard InChI is InChI=1S/C30H38O3/c1-16-11-21(27(32)23(13-16)29(5,6)7)20-15-18(3)26(31)19(4)25(20)22-12-17(2)14-24(28(22)33)30(8,9)10/h11-15,31-33H,1-10H3. The van der Waals surface area contributed by atoms with Crippen molar-refractivity contribution in [3.05, 3.63) is 63.7 Å². The average Bonchev–Trinajstić information content (AvgIpc) is 2.67. The van der Waals surface area contributed by atoms with Crippen molar-refractivity contribution in [2.45, 2.75) is 80.1 Å². The number of hydrogen-bond acceptors (Lipinski definition) is 3. The van der Waals surface area contributed by atoms with Crippen molar-refractivity contribution in [1.29, 1.82) is 0 Å². The van der Waals surface area contributed by atoms with Crippen LogP contribution in [0.1, 0.15) is 74.9 Å². The predicted molar refractivity (Wildman–Crippen MR) is 139 cm³/mol. The van der Waals surface area contributed by atoms with Gasteiger partial charge in [-0.05, 0) is 90.1 Å². The summed E-state index contributed by atoms with van der Waals surface area (Å²) in [5.74, 6) is 0.654. The molecule has 3 aromatic carbocycles. The Morgan fingerprint density at radius 3 is 1.39 bits per heavy atom. The number of phenols is 3. The first kappa shape index (κ1) is 24.7. The summed E-state index contributed by atoms with van der Waals surface area (Å²) in [6, 6.07) is 9.90. The van der Waals surface area contributed by atoms with Crippen molar-refractivity contribution < 1.29 is 15.3 Å². The Labute approximate surface area is 198 Å². The molecule has 3 aromatic rings. The Morgan fingerprint density at radius 2 is 0.939 bits per heavy atom. The van der Waals surface area contributed by atoms with Gasteiger partial charge in [0.2, 0.25) is 0 Å². The molecule has 0 aliphatic heterocycles. The van der Waals surface area contributed by atoms with Gasteiger partial charge in [-0.25, -0.2) is 0 Å². The summed E-state index contributed by atoms with van der Waals surface area (Å²) in [6.45, 7) is 20.3. The normalized spacial score (nSPS) is 12.3. The van der Waals surface area contributed by atoms with E-state index in [2.05, 4.69) is 41.5 Å². The molecule has 0 amide bonds. The molecule has 0 saturated heterocycles. The first-order valence-electron chi connectivity index (χ1n) is 11.6. The Balaban J connectivity index is 2.51. The summed E-state index contributed by atoms with van der Waals surface area (Å²) in [6.07, 6.45) is 0. The summed E-state index contributed by atoms with van der Waals surface area (Å²) in [7, 11) is 0. The van der Waals surface area contributed by atoms with Crippen LogP contribution in [0.25, 0.3) is 22.3 Å². The van der Waals surface area contributed by atoms with Gasteiger partial charge in [0.05, 0.1) is 0 Å². The highest BCUT2D eigenvalue weighted by atomic mass is 16.3. The number of aryl methyl sites for hydroxylation is 3. The Kier molecular flexibility index (Phi) is 6.08. The molecule has 3 N–H and O–H groups in total. The molecule has 0 spiro atoms. The summed E-state index contributed by atoms with van der Waals surface area (Å²) < 4.78 is 0. The van der Waals surface area contributed by atoms with Gasteiger partial charge in [-0.2, -0.15) is 0 Å². The van der Waals surface area contributed by atoms with Gasteiger partial charge in [-0.15, -0.1) is 0 Å². The van der Waals surface area contributed by atoms with Crippen LogP contribution in [0.2, 0.25) is 0 Å². The third-order valence-corrected chi connectivity index (χ3v) is 6.42. The van der Waals surface area contributed by atoms with Crippen molar-refractivity contribution in [2.75, 3.05) is 0 Å². The van der Waals surface area contributed by atoms with E-state index in [-0.39, 0.29) is 28.1 Å². The lowest BCUT2D eigenvalue weighted by atomic mass is 9.79. The fraction of sp³-hybridized carbons (Fsp3) is 0.400. The molecule has 0 fully saturated rings. The SMILES string of the molecule is Cc1cc(-c2cc(C)c(O)c(C)c2-c2cc(C)cc(C(C)(C)C)c2O)c(O)c(C(C)(C)C)c1. The van der Waals surface area contributed by atoms with Crippen molar-refractivity contribution >= 4 is 0 Å². The molecule has 3 nitrogen and oxygen atoms in total. The lowest BCUT2D eigenvalue weighted by molar-refractivity contribution is 0.446. The molecule has 0 bridgehead atoms. The fourth-order valence-electron chi connectivity index (χ4n) is 4.63. The first-order chi connectivity index (χ1) is 15.0. The molecule has 0 aromatic heterocycles. The van der Waals surface area contributed by atoms with Crippen LogP contribution in [0.5, 0.6) is 17.2 Å². The highest BCUT2D eigenvalue weighted by Crippen LogP contribution is 2.49. The summed E-state index contributed by atoms with van der Waals surface area (Å²) >= 11 is 0. The van der Waals surface area contributed by atoms with E-state index in [0.717, 1.165) is 38.9 Å². The van der Waals surface area contributed by atoms with Gasteiger partial charge in [-0.1, -0.05) is 53.7 Å². The third kappa shape index (κ3) is 4.46. The van der Waals surface area contributed by atoms with Gasteiger partial charge in [0.1, 0.15) is 17.2 Å². The molecule has 0 atom stereocenters. The molecular weight excluding hydrogens is 408 g/mol. The topological polar surface area (TPSA) is 60.7 Å². The molecule has 0 aliphatic rings. The van der Waals surface area contributed by atoms with E-state index in [0.29, 0.717) is 16.7 Å². The number of rotatable bonds is 2. The van der Waals surface area contributed by atoms with E-state index in [1.54, 1.807) is 0 Å². The highest BCUT2D eigenvalue weighted by Gasteiger charge is 2.27. The average molecular weight is 447 g/mol. The van der Waals surface area contributed by atoms with Gasteiger partial charge in [-0.3, -0.25) is 0 Å². The Bertz CT molecular complexity index is 1240. The number of hydrogen-bond donors (Lipinski definition) is 3. The van der Waals surface area contributed by atoms with Crippen LogP contribution in [0.3, 0.4) is 0 Å². The second kappa shape index (κ2) is 8.13. The number of aromatic hydroxyl groups is 3. The molecule has 33 heavy (non-hydrogen) atoms. The van der Waals surface area contributed by atoms with E-state index in [4.69, 9.17) is 0 Å². The van der Waals surface area contributed by atoms with Gasteiger partial charge < -0.3 is 15.3 Å². The van der Waals surface area contributed by atoms with E-state index in [1.165, 1.54) is 0 Å². The first-order valence-corrected chi connectivity index (χ1v) is 11.6. The van der Waals surface area contributed by atoms with Crippen LogP contribution < -0.4 is 0 Å². The van der Waals surface area contributed by atoms with Crippen LogP contribution in [-0.4, -0.2) is 15.3 Å². The minimum atomic E-state index is -0.253. The number of phenolic OH excluding ortho intramolecular Hbond substituents is 3. The van der Waals surface area contributed by atoms with E-state index >= 15 is 0 Å². The second-order valence-electron chi connectivity index (χ2n) is 11.5.